The third kappa shape index (κ3) is 2.18. The molecule has 1 aliphatic heterocycles. The summed E-state index contributed by atoms with van der Waals surface area (Å²) in [7, 11) is 0. The molecule has 0 bridgehead atoms. The Morgan fingerprint density at radius 3 is 3.00 bits per heavy atom. The van der Waals surface area contributed by atoms with Crippen molar-refractivity contribution in [2.24, 2.45) is 0 Å². The maximum Gasteiger partial charge on any atom is 0.0210 e. The van der Waals surface area contributed by atoms with Gasteiger partial charge in [-0.05, 0) is 43.9 Å². The number of benzene rings is 1. The first-order valence-corrected chi connectivity index (χ1v) is 6.03. The number of piperidine rings is 1. The highest BCUT2D eigenvalue weighted by atomic mass is 79.9. The van der Waals surface area contributed by atoms with Crippen LogP contribution in [0.4, 0.5) is 0 Å². The molecule has 1 aromatic carbocycles. The van der Waals surface area contributed by atoms with Crippen molar-refractivity contribution in [3.63, 3.8) is 0 Å². The van der Waals surface area contributed by atoms with Crippen molar-refractivity contribution in [2.75, 3.05) is 13.1 Å². The summed E-state index contributed by atoms with van der Waals surface area (Å²) in [5.74, 6) is 0.693. The first-order chi connectivity index (χ1) is 6.77. The second kappa shape index (κ2) is 4.45. The smallest absolute Gasteiger partial charge is 0.0210 e. The zero-order valence-electron chi connectivity index (χ0n) is 8.52. The molecule has 1 N–H and O–H groups in total. The summed E-state index contributed by atoms with van der Waals surface area (Å²) in [6.07, 6.45) is 2.61. The largest absolute Gasteiger partial charge is 0.316 e. The van der Waals surface area contributed by atoms with Gasteiger partial charge in [-0.15, -0.1) is 0 Å². The van der Waals surface area contributed by atoms with Gasteiger partial charge >= 0.3 is 0 Å². The molecule has 0 aromatic heterocycles. The van der Waals surface area contributed by atoms with E-state index in [4.69, 9.17) is 0 Å². The van der Waals surface area contributed by atoms with Crippen molar-refractivity contribution in [3.8, 4) is 0 Å². The minimum absolute atomic E-state index is 0.693. The highest BCUT2D eigenvalue weighted by Crippen LogP contribution is 2.30. The van der Waals surface area contributed by atoms with Crippen LogP contribution in [0.5, 0.6) is 0 Å². The van der Waals surface area contributed by atoms with Gasteiger partial charge in [-0.3, -0.25) is 0 Å². The van der Waals surface area contributed by atoms with E-state index in [1.165, 1.54) is 35.0 Å². The Kier molecular flexibility index (Phi) is 3.24. The molecule has 1 aromatic rings. The first-order valence-electron chi connectivity index (χ1n) is 5.24. The summed E-state index contributed by atoms with van der Waals surface area (Å²) in [5.41, 5.74) is 2.82. The normalized spacial score (nSPS) is 22.3. The van der Waals surface area contributed by atoms with Crippen LogP contribution < -0.4 is 5.32 Å². The van der Waals surface area contributed by atoms with E-state index in [-0.39, 0.29) is 0 Å². The third-order valence-corrected chi connectivity index (χ3v) is 3.61. The minimum Gasteiger partial charge on any atom is -0.316 e. The van der Waals surface area contributed by atoms with E-state index in [2.05, 4.69) is 46.4 Å². The van der Waals surface area contributed by atoms with Crippen molar-refractivity contribution in [3.05, 3.63) is 33.8 Å². The molecule has 2 heteroatoms. The van der Waals surface area contributed by atoms with Crippen LogP contribution in [-0.2, 0) is 0 Å². The molecule has 1 atom stereocenters. The third-order valence-electron chi connectivity index (χ3n) is 2.89. The summed E-state index contributed by atoms with van der Waals surface area (Å²) >= 11 is 3.64. The molecule has 1 aliphatic rings. The molecule has 0 radical (unpaired) electrons. The summed E-state index contributed by atoms with van der Waals surface area (Å²) in [5, 5.41) is 3.46. The average molecular weight is 254 g/mol. The highest BCUT2D eigenvalue weighted by molar-refractivity contribution is 9.10. The molecule has 1 fully saturated rings. The van der Waals surface area contributed by atoms with Gasteiger partial charge in [0, 0.05) is 11.0 Å². The predicted molar refractivity (Wildman–Crippen MR) is 63.7 cm³/mol. The summed E-state index contributed by atoms with van der Waals surface area (Å²) < 4.78 is 1.26. The number of rotatable bonds is 1. The van der Waals surface area contributed by atoms with E-state index >= 15 is 0 Å². The molecule has 14 heavy (non-hydrogen) atoms. The number of halogens is 1. The van der Waals surface area contributed by atoms with Crippen LogP contribution in [0.15, 0.2) is 22.7 Å². The molecular formula is C12H16BrN. The Morgan fingerprint density at radius 1 is 1.43 bits per heavy atom. The van der Waals surface area contributed by atoms with Crippen LogP contribution in [0.1, 0.15) is 29.9 Å². The van der Waals surface area contributed by atoms with Crippen LogP contribution in [0.2, 0.25) is 0 Å². The molecule has 1 saturated heterocycles. The van der Waals surface area contributed by atoms with Crippen LogP contribution in [-0.4, -0.2) is 13.1 Å². The molecule has 1 nitrogen and oxygen atoms in total. The summed E-state index contributed by atoms with van der Waals surface area (Å²) in [6, 6.07) is 6.63. The molecule has 1 unspecified atom stereocenters. The minimum atomic E-state index is 0.693. The van der Waals surface area contributed by atoms with Gasteiger partial charge in [-0.25, -0.2) is 0 Å². The van der Waals surface area contributed by atoms with E-state index in [0.717, 1.165) is 6.54 Å². The zero-order chi connectivity index (χ0) is 9.97. The lowest BCUT2D eigenvalue weighted by Crippen LogP contribution is -2.28. The van der Waals surface area contributed by atoms with Gasteiger partial charge in [0.15, 0.2) is 0 Å². The maximum absolute atomic E-state index is 3.64. The number of hydrogen-bond acceptors (Lipinski definition) is 1. The summed E-state index contributed by atoms with van der Waals surface area (Å²) in [4.78, 5) is 0. The lowest BCUT2D eigenvalue weighted by molar-refractivity contribution is 0.460. The molecule has 0 spiro atoms. The highest BCUT2D eigenvalue weighted by Gasteiger charge is 2.17. The number of aryl methyl sites for hydroxylation is 1. The van der Waals surface area contributed by atoms with Crippen LogP contribution in [0.25, 0.3) is 0 Å². The van der Waals surface area contributed by atoms with Crippen LogP contribution >= 0.6 is 15.9 Å². The topological polar surface area (TPSA) is 12.0 Å². The van der Waals surface area contributed by atoms with E-state index in [1.807, 2.05) is 0 Å². The van der Waals surface area contributed by atoms with Crippen molar-refractivity contribution in [1.29, 1.82) is 0 Å². The Hall–Kier alpha value is -0.340. The Bertz CT molecular complexity index is 316. The molecule has 0 aliphatic carbocycles. The predicted octanol–water partition coefficient (Wildman–Crippen LogP) is 3.22. The molecule has 0 amide bonds. The van der Waals surface area contributed by atoms with Crippen LogP contribution in [0, 0.1) is 6.92 Å². The maximum atomic E-state index is 3.64. The number of hydrogen-bond donors (Lipinski definition) is 1. The molecule has 2 rings (SSSR count). The van der Waals surface area contributed by atoms with E-state index < -0.39 is 0 Å². The standard InChI is InChI=1S/C12H16BrN/c1-9-4-5-12(13)11(7-9)10-3-2-6-14-8-10/h4-5,7,10,14H,2-3,6,8H2,1H3. The SMILES string of the molecule is Cc1ccc(Br)c(C2CCCNC2)c1. The van der Waals surface area contributed by atoms with E-state index in [9.17, 15) is 0 Å². The van der Waals surface area contributed by atoms with Gasteiger partial charge in [0.25, 0.3) is 0 Å². The van der Waals surface area contributed by atoms with Crippen LogP contribution in [0.3, 0.4) is 0 Å². The molecule has 0 saturated carbocycles. The first kappa shape index (κ1) is 10.2. The lowest BCUT2D eigenvalue weighted by atomic mass is 9.91. The van der Waals surface area contributed by atoms with E-state index in [1.54, 1.807) is 0 Å². The van der Waals surface area contributed by atoms with Gasteiger partial charge in [0.1, 0.15) is 0 Å². The fourth-order valence-electron chi connectivity index (χ4n) is 2.09. The zero-order valence-corrected chi connectivity index (χ0v) is 10.1. The fourth-order valence-corrected chi connectivity index (χ4v) is 2.66. The second-order valence-electron chi connectivity index (χ2n) is 4.07. The van der Waals surface area contributed by atoms with Crippen molar-refractivity contribution in [1.82, 2.24) is 5.32 Å². The van der Waals surface area contributed by atoms with Gasteiger partial charge in [0.2, 0.25) is 0 Å². The van der Waals surface area contributed by atoms with Crippen molar-refractivity contribution >= 4 is 15.9 Å². The lowest BCUT2D eigenvalue weighted by Gasteiger charge is -2.24. The molecule has 1 heterocycles. The van der Waals surface area contributed by atoms with Gasteiger partial charge in [0.05, 0.1) is 0 Å². The van der Waals surface area contributed by atoms with Crippen molar-refractivity contribution < 1.29 is 0 Å². The second-order valence-corrected chi connectivity index (χ2v) is 4.92. The van der Waals surface area contributed by atoms with Gasteiger partial charge in [-0.2, -0.15) is 0 Å². The monoisotopic (exact) mass is 253 g/mol. The fraction of sp³-hybridized carbons (Fsp3) is 0.500. The number of nitrogens with one attached hydrogen (secondary N) is 1. The van der Waals surface area contributed by atoms with Gasteiger partial charge in [-0.1, -0.05) is 33.6 Å². The quantitative estimate of drug-likeness (QED) is 0.811. The Labute approximate surface area is 94.0 Å². The Balaban J connectivity index is 2.24. The van der Waals surface area contributed by atoms with Crippen molar-refractivity contribution in [2.45, 2.75) is 25.7 Å². The Morgan fingerprint density at radius 2 is 2.29 bits per heavy atom. The molecular weight excluding hydrogens is 238 g/mol. The van der Waals surface area contributed by atoms with E-state index in [0.29, 0.717) is 5.92 Å². The molecule has 76 valence electrons. The average Bonchev–Trinajstić information content (AvgIpc) is 2.23. The summed E-state index contributed by atoms with van der Waals surface area (Å²) in [6.45, 7) is 4.47. The van der Waals surface area contributed by atoms with Gasteiger partial charge < -0.3 is 5.32 Å².